The second kappa shape index (κ2) is 7.78. The van der Waals surface area contributed by atoms with Crippen molar-refractivity contribution in [3.05, 3.63) is 47.2 Å². The maximum absolute atomic E-state index is 13.1. The van der Waals surface area contributed by atoms with Crippen LogP contribution in [0.5, 0.6) is 0 Å². The van der Waals surface area contributed by atoms with Crippen LogP contribution in [-0.2, 0) is 35.5 Å². The number of rotatable bonds is 4. The van der Waals surface area contributed by atoms with Crippen LogP contribution in [0.3, 0.4) is 0 Å². The van der Waals surface area contributed by atoms with E-state index in [2.05, 4.69) is 16.5 Å². The minimum absolute atomic E-state index is 0.0359. The number of carbonyl (C=O) groups excluding carboxylic acids is 2. The monoisotopic (exact) mass is 380 g/mol. The average molecular weight is 380 g/mol. The summed E-state index contributed by atoms with van der Waals surface area (Å²) in [6.45, 7) is 5.45. The summed E-state index contributed by atoms with van der Waals surface area (Å²) in [4.78, 5) is 27.8. The molecule has 3 heterocycles. The SMILES string of the molecule is CC(C)CC(=O)N1Cc2ccccc2CC1C(=O)Nc1cc2n(n1)CCCC2. The van der Waals surface area contributed by atoms with Crippen molar-refractivity contribution in [2.24, 2.45) is 5.92 Å². The highest BCUT2D eigenvalue weighted by atomic mass is 16.2. The van der Waals surface area contributed by atoms with E-state index in [1.807, 2.05) is 42.8 Å². The van der Waals surface area contributed by atoms with Crippen LogP contribution in [0.25, 0.3) is 0 Å². The minimum atomic E-state index is -0.500. The molecule has 2 amide bonds. The maximum Gasteiger partial charge on any atom is 0.248 e. The molecule has 0 saturated heterocycles. The smallest absolute Gasteiger partial charge is 0.248 e. The van der Waals surface area contributed by atoms with Gasteiger partial charge in [-0.05, 0) is 36.3 Å². The first-order valence-electron chi connectivity index (χ1n) is 10.2. The number of hydrogen-bond acceptors (Lipinski definition) is 3. The van der Waals surface area contributed by atoms with Crippen LogP contribution in [0.15, 0.2) is 30.3 Å². The van der Waals surface area contributed by atoms with E-state index in [-0.39, 0.29) is 17.7 Å². The van der Waals surface area contributed by atoms with Crippen LogP contribution in [0, 0.1) is 5.92 Å². The Balaban J connectivity index is 1.56. The molecule has 0 fully saturated rings. The fourth-order valence-corrected chi connectivity index (χ4v) is 4.17. The molecular formula is C22H28N4O2. The Hall–Kier alpha value is -2.63. The molecule has 1 aromatic heterocycles. The Morgan fingerprint density at radius 2 is 2.00 bits per heavy atom. The van der Waals surface area contributed by atoms with Gasteiger partial charge in [-0.3, -0.25) is 14.3 Å². The second-order valence-electron chi connectivity index (χ2n) is 8.30. The van der Waals surface area contributed by atoms with Gasteiger partial charge >= 0.3 is 0 Å². The summed E-state index contributed by atoms with van der Waals surface area (Å²) in [5.74, 6) is 0.737. The summed E-state index contributed by atoms with van der Waals surface area (Å²) in [6, 6.07) is 9.54. The summed E-state index contributed by atoms with van der Waals surface area (Å²) in [5, 5.41) is 7.50. The van der Waals surface area contributed by atoms with E-state index >= 15 is 0 Å². The van der Waals surface area contributed by atoms with E-state index < -0.39 is 6.04 Å². The molecule has 6 nitrogen and oxygen atoms in total. The fraction of sp³-hybridized carbons (Fsp3) is 0.500. The fourth-order valence-electron chi connectivity index (χ4n) is 4.17. The number of hydrogen-bond donors (Lipinski definition) is 1. The number of nitrogens with one attached hydrogen (secondary N) is 1. The van der Waals surface area contributed by atoms with E-state index in [1.54, 1.807) is 4.90 Å². The van der Waals surface area contributed by atoms with Gasteiger partial charge in [-0.15, -0.1) is 0 Å². The quantitative estimate of drug-likeness (QED) is 0.886. The van der Waals surface area contributed by atoms with Gasteiger partial charge < -0.3 is 10.2 Å². The molecule has 1 atom stereocenters. The van der Waals surface area contributed by atoms with Crippen LogP contribution in [0.2, 0.25) is 0 Å². The van der Waals surface area contributed by atoms with Crippen molar-refractivity contribution in [2.45, 2.75) is 65.1 Å². The average Bonchev–Trinajstić information content (AvgIpc) is 3.08. The summed E-state index contributed by atoms with van der Waals surface area (Å²) in [6.07, 6.45) is 4.28. The predicted molar refractivity (Wildman–Crippen MR) is 108 cm³/mol. The van der Waals surface area contributed by atoms with Crippen molar-refractivity contribution < 1.29 is 9.59 Å². The number of carbonyl (C=O) groups is 2. The van der Waals surface area contributed by atoms with Crippen molar-refractivity contribution >= 4 is 17.6 Å². The topological polar surface area (TPSA) is 67.2 Å². The third kappa shape index (κ3) is 3.81. The third-order valence-electron chi connectivity index (χ3n) is 5.62. The van der Waals surface area contributed by atoms with Gasteiger partial charge in [0.15, 0.2) is 5.82 Å². The van der Waals surface area contributed by atoms with Crippen molar-refractivity contribution in [2.75, 3.05) is 5.32 Å². The van der Waals surface area contributed by atoms with Crippen LogP contribution in [-0.4, -0.2) is 32.5 Å². The molecule has 2 aliphatic rings. The van der Waals surface area contributed by atoms with Gasteiger partial charge in [-0.1, -0.05) is 38.1 Å². The Morgan fingerprint density at radius 3 is 2.75 bits per heavy atom. The lowest BCUT2D eigenvalue weighted by Crippen LogP contribution is -2.50. The van der Waals surface area contributed by atoms with Crippen LogP contribution >= 0.6 is 0 Å². The van der Waals surface area contributed by atoms with Crippen molar-refractivity contribution in [1.82, 2.24) is 14.7 Å². The summed E-state index contributed by atoms with van der Waals surface area (Å²) < 4.78 is 1.98. The highest BCUT2D eigenvalue weighted by Gasteiger charge is 2.35. The molecule has 148 valence electrons. The second-order valence-corrected chi connectivity index (χ2v) is 8.30. The molecule has 6 heteroatoms. The molecule has 0 radical (unpaired) electrons. The molecule has 0 bridgehead atoms. The normalized spacial score (nSPS) is 18.5. The first-order chi connectivity index (χ1) is 13.5. The van der Waals surface area contributed by atoms with Crippen molar-refractivity contribution in [1.29, 1.82) is 0 Å². The Bertz CT molecular complexity index is 863. The van der Waals surface area contributed by atoms with Gasteiger partial charge in [0, 0.05) is 37.7 Å². The lowest BCUT2D eigenvalue weighted by Gasteiger charge is -2.36. The summed E-state index contributed by atoms with van der Waals surface area (Å²) in [5.41, 5.74) is 3.43. The first kappa shape index (κ1) is 18.7. The molecular weight excluding hydrogens is 352 g/mol. The lowest BCUT2D eigenvalue weighted by atomic mass is 9.92. The van der Waals surface area contributed by atoms with Crippen molar-refractivity contribution in [3.8, 4) is 0 Å². The number of amides is 2. The maximum atomic E-state index is 13.1. The number of fused-ring (bicyclic) bond motifs is 2. The predicted octanol–water partition coefficient (Wildman–Crippen LogP) is 3.16. The summed E-state index contributed by atoms with van der Waals surface area (Å²) in [7, 11) is 0. The molecule has 4 rings (SSSR count). The number of nitrogens with zero attached hydrogens (tertiary/aromatic N) is 3. The zero-order valence-electron chi connectivity index (χ0n) is 16.6. The number of anilines is 1. The van der Waals surface area contributed by atoms with Crippen LogP contribution < -0.4 is 5.32 Å². The molecule has 2 aromatic rings. The highest BCUT2D eigenvalue weighted by Crippen LogP contribution is 2.26. The van der Waals surface area contributed by atoms with E-state index in [9.17, 15) is 9.59 Å². The number of benzene rings is 1. The Labute approximate surface area is 165 Å². The molecule has 1 aromatic carbocycles. The van der Waals surface area contributed by atoms with E-state index in [4.69, 9.17) is 0 Å². The standard InChI is InChI=1S/C22H28N4O2/c1-15(2)11-21(27)25-14-17-8-4-3-7-16(17)12-19(25)22(28)23-20-13-18-9-5-6-10-26(18)24-20/h3-4,7-8,13,15,19H,5-6,9-12,14H2,1-2H3,(H,23,24,28). The first-order valence-corrected chi connectivity index (χ1v) is 10.2. The zero-order chi connectivity index (χ0) is 19.7. The largest absolute Gasteiger partial charge is 0.326 e. The van der Waals surface area contributed by atoms with Crippen LogP contribution in [0.4, 0.5) is 5.82 Å². The van der Waals surface area contributed by atoms with Gasteiger partial charge in [0.25, 0.3) is 0 Å². The molecule has 0 spiro atoms. The zero-order valence-corrected chi connectivity index (χ0v) is 16.6. The van der Waals surface area contributed by atoms with Gasteiger partial charge in [-0.2, -0.15) is 5.10 Å². The minimum Gasteiger partial charge on any atom is -0.326 e. The van der Waals surface area contributed by atoms with E-state index in [1.165, 1.54) is 5.69 Å². The lowest BCUT2D eigenvalue weighted by molar-refractivity contribution is -0.140. The van der Waals surface area contributed by atoms with Crippen molar-refractivity contribution in [3.63, 3.8) is 0 Å². The van der Waals surface area contributed by atoms with Gasteiger partial charge in [0.2, 0.25) is 11.8 Å². The molecule has 0 saturated carbocycles. The van der Waals surface area contributed by atoms with Gasteiger partial charge in [0.1, 0.15) is 6.04 Å². The molecule has 0 aliphatic carbocycles. The molecule has 2 aliphatic heterocycles. The molecule has 1 unspecified atom stereocenters. The van der Waals surface area contributed by atoms with Crippen LogP contribution in [0.1, 0.15) is 49.9 Å². The van der Waals surface area contributed by atoms with E-state index in [0.717, 1.165) is 36.9 Å². The Morgan fingerprint density at radius 1 is 1.21 bits per heavy atom. The number of aryl methyl sites for hydroxylation is 2. The highest BCUT2D eigenvalue weighted by molar-refractivity contribution is 5.97. The molecule has 1 N–H and O–H groups in total. The summed E-state index contributed by atoms with van der Waals surface area (Å²) >= 11 is 0. The Kier molecular flexibility index (Phi) is 5.20. The number of aromatic nitrogens is 2. The third-order valence-corrected chi connectivity index (χ3v) is 5.62. The van der Waals surface area contributed by atoms with E-state index in [0.29, 0.717) is 25.2 Å². The van der Waals surface area contributed by atoms with Gasteiger partial charge in [-0.25, -0.2) is 0 Å². The molecule has 28 heavy (non-hydrogen) atoms. The van der Waals surface area contributed by atoms with Gasteiger partial charge in [0.05, 0.1) is 0 Å².